The molecule has 4 heterocycles. The fraction of sp³-hybridized carbons (Fsp3) is 0.879. The molecule has 0 saturated carbocycles. The summed E-state index contributed by atoms with van der Waals surface area (Å²) in [7, 11) is 4.04. The van der Waals surface area contributed by atoms with Gasteiger partial charge in [0.25, 0.3) is 5.91 Å². The first kappa shape index (κ1) is 50.5. The summed E-state index contributed by atoms with van der Waals surface area (Å²) in [6.07, 6.45) is -30.9. The summed E-state index contributed by atoms with van der Waals surface area (Å²) in [5.74, 6) is -2.87. The fourth-order valence-electron chi connectivity index (χ4n) is 6.92. The minimum Gasteiger partial charge on any atom is -0.479 e. The van der Waals surface area contributed by atoms with Crippen molar-refractivity contribution in [3.63, 3.8) is 0 Å². The lowest BCUT2D eigenvalue weighted by molar-refractivity contribution is -0.366. The average molecular weight is 909 g/mol. The number of carboxylic acids is 1. The van der Waals surface area contributed by atoms with Crippen molar-refractivity contribution in [2.75, 3.05) is 44.9 Å². The molecule has 14 N–H and O–H groups in total. The van der Waals surface area contributed by atoms with Gasteiger partial charge in [0, 0.05) is 52.0 Å². The lowest BCUT2D eigenvalue weighted by Crippen LogP contribution is -2.71. The number of carbonyl (C=O) groups excluding carboxylic acids is 3. The Kier molecular flexibility index (Phi) is 19.8. The van der Waals surface area contributed by atoms with E-state index in [9.17, 15) is 65.1 Å². The molecule has 11 unspecified atom stereocenters. The summed E-state index contributed by atoms with van der Waals surface area (Å²) in [6.45, 7) is 0.964. The van der Waals surface area contributed by atoms with E-state index in [4.69, 9.17) is 43.6 Å². The second-order valence-corrected chi connectivity index (χ2v) is 16.9. The number of aliphatic hydroxyl groups is 8. The van der Waals surface area contributed by atoms with Crippen molar-refractivity contribution in [1.29, 1.82) is 0 Å². The number of aliphatic carboxylic acids is 1. The summed E-state index contributed by atoms with van der Waals surface area (Å²) in [6, 6.07) is -2.97. The van der Waals surface area contributed by atoms with Gasteiger partial charge in [-0.25, -0.2) is 4.79 Å². The quantitative estimate of drug-likeness (QED) is 0.0423. The van der Waals surface area contributed by atoms with Gasteiger partial charge in [-0.2, -0.15) is 0 Å². The van der Waals surface area contributed by atoms with E-state index in [1.807, 2.05) is 0 Å². The van der Waals surface area contributed by atoms with Crippen LogP contribution in [0.15, 0.2) is 0 Å². The molecule has 60 heavy (non-hydrogen) atoms. The third kappa shape index (κ3) is 12.5. The zero-order chi connectivity index (χ0) is 44.4. The zero-order valence-electron chi connectivity index (χ0n) is 32.7. The van der Waals surface area contributed by atoms with E-state index in [2.05, 4.69) is 16.0 Å². The van der Waals surface area contributed by atoms with Gasteiger partial charge < -0.3 is 106 Å². The van der Waals surface area contributed by atoms with Gasteiger partial charge >= 0.3 is 5.97 Å². The molecule has 0 spiro atoms. The lowest BCUT2D eigenvalue weighted by Gasteiger charge is -2.50. The minimum absolute atomic E-state index is 0.0326. The largest absolute Gasteiger partial charge is 0.479 e. The van der Waals surface area contributed by atoms with Crippen LogP contribution in [0.25, 0.3) is 0 Å². The molecule has 4 rings (SSSR count). The van der Waals surface area contributed by atoms with Crippen molar-refractivity contribution >= 4 is 45.3 Å². The molecule has 4 aliphatic rings. The highest BCUT2D eigenvalue weighted by atomic mass is 33.1. The molecular weight excluding hydrogens is 853 g/mol. The monoisotopic (exact) mass is 908 g/mol. The number of nitrogens with one attached hydrogen (secondary N) is 3. The molecule has 0 bridgehead atoms. The number of hydrogen-bond donors (Lipinski definition) is 13. The normalized spacial score (nSPS) is 41.0. The highest BCUT2D eigenvalue weighted by Crippen LogP contribution is 2.35. The van der Waals surface area contributed by atoms with Crippen molar-refractivity contribution in [1.82, 2.24) is 16.0 Å². The Morgan fingerprint density at radius 1 is 0.683 bits per heavy atom. The fourth-order valence-corrected chi connectivity index (χ4v) is 8.69. The summed E-state index contributed by atoms with van der Waals surface area (Å²) in [4.78, 5) is 50.3. The molecule has 4 saturated heterocycles. The first-order chi connectivity index (χ1) is 28.5. The molecule has 19 atom stereocenters. The van der Waals surface area contributed by atoms with Gasteiger partial charge in [-0.3, -0.25) is 14.4 Å². The van der Waals surface area contributed by atoms with Crippen LogP contribution >= 0.6 is 21.6 Å². The van der Waals surface area contributed by atoms with Crippen LogP contribution in [0.3, 0.4) is 0 Å². The smallest absolute Gasteiger partial charge is 0.333 e. The van der Waals surface area contributed by atoms with Gasteiger partial charge in [-0.1, -0.05) is 21.6 Å². The van der Waals surface area contributed by atoms with Gasteiger partial charge in [0.15, 0.2) is 37.4 Å². The Hall–Kier alpha value is -2.10. The Morgan fingerprint density at radius 3 is 1.72 bits per heavy atom. The molecule has 346 valence electrons. The van der Waals surface area contributed by atoms with Gasteiger partial charge in [0.1, 0.15) is 73.1 Å². The van der Waals surface area contributed by atoms with Crippen LogP contribution in [0.2, 0.25) is 0 Å². The molecule has 0 aromatic rings. The maximum Gasteiger partial charge on any atom is 0.333 e. The number of rotatable bonds is 19. The van der Waals surface area contributed by atoms with Crippen LogP contribution in [-0.4, -0.2) is 231 Å². The standard InChI is InChI=1S/C33H56N4O21S2/c1-11(40)36-17-24(20(44)15(9-38)53-30(17)51-3)56-33-23(47)22(46)26(27(58-33)28(48)35-5-7-60-59-6-4-34)57-31-18(37-12(2)41)25(21(45)16(10-39)54-31)55-32-19(43)13(42)8-14(52-32)29(49)50/h13-27,30-33,38-39,42-47H,4-10,34H2,1-3H3,(H,35,48)(H,36,40)(H,37,41)(H,49,50)/t13-,14?,15?,16?,17-,18-,19-,20?,21?,22+,23-,24+,25+,26?,27?,30?,31?,32?,33?/m0/s1. The van der Waals surface area contributed by atoms with E-state index in [0.717, 1.165) is 13.8 Å². The summed E-state index contributed by atoms with van der Waals surface area (Å²) in [5, 5.41) is 104. The van der Waals surface area contributed by atoms with Gasteiger partial charge in [0.05, 0.1) is 19.3 Å². The topological polar surface area (TPSA) is 386 Å². The van der Waals surface area contributed by atoms with Crippen molar-refractivity contribution in [2.45, 2.75) is 137 Å². The second kappa shape index (κ2) is 23.5. The molecule has 4 aliphatic heterocycles. The lowest BCUT2D eigenvalue weighted by atomic mass is 9.94. The van der Waals surface area contributed by atoms with Crippen molar-refractivity contribution < 1.29 is 103 Å². The van der Waals surface area contributed by atoms with Crippen molar-refractivity contribution in [2.24, 2.45) is 5.73 Å². The molecule has 0 aromatic heterocycles. The van der Waals surface area contributed by atoms with Gasteiger partial charge in [-0.15, -0.1) is 0 Å². The highest BCUT2D eigenvalue weighted by molar-refractivity contribution is 8.76. The van der Waals surface area contributed by atoms with Crippen LogP contribution in [0.1, 0.15) is 20.3 Å². The Labute approximate surface area is 351 Å². The predicted octanol–water partition coefficient (Wildman–Crippen LogP) is -7.22. The first-order valence-corrected chi connectivity index (χ1v) is 21.4. The molecule has 0 aliphatic carbocycles. The second-order valence-electron chi connectivity index (χ2n) is 14.2. The third-order valence-corrected chi connectivity index (χ3v) is 12.3. The summed E-state index contributed by atoms with van der Waals surface area (Å²) >= 11 is 0. The van der Waals surface area contributed by atoms with Crippen LogP contribution in [0, 0.1) is 0 Å². The zero-order valence-corrected chi connectivity index (χ0v) is 34.4. The van der Waals surface area contributed by atoms with Crippen LogP contribution in [0.4, 0.5) is 0 Å². The minimum atomic E-state index is -2.15. The maximum atomic E-state index is 13.9. The van der Waals surface area contributed by atoms with Crippen molar-refractivity contribution in [3.8, 4) is 0 Å². The Morgan fingerprint density at radius 2 is 1.20 bits per heavy atom. The highest BCUT2D eigenvalue weighted by Gasteiger charge is 2.57. The predicted molar refractivity (Wildman–Crippen MR) is 201 cm³/mol. The SMILES string of the molecule is COC1OC(CO)C(O)[C@H](OC2OC(C(=O)NCCSSCCN)C(OC3OC(CO)C(O)[C@H](OC4OC(C(=O)O)C[C@H](O)[C@@H]4O)[C@@H]3NC(C)=O)[C@H](O)[C@@H]2O)[C@@H]1NC(C)=O. The van der Waals surface area contributed by atoms with E-state index in [1.165, 1.54) is 28.7 Å². The van der Waals surface area contributed by atoms with Crippen molar-refractivity contribution in [3.05, 3.63) is 0 Å². The van der Waals surface area contributed by atoms with Crippen LogP contribution in [0.5, 0.6) is 0 Å². The maximum absolute atomic E-state index is 13.9. The molecule has 3 amide bonds. The van der Waals surface area contributed by atoms with Gasteiger partial charge in [0.2, 0.25) is 11.8 Å². The average Bonchev–Trinajstić information content (AvgIpc) is 3.20. The molecule has 27 heteroatoms. The van der Waals surface area contributed by atoms with Gasteiger partial charge in [-0.05, 0) is 0 Å². The van der Waals surface area contributed by atoms with E-state index < -0.39 is 160 Å². The molecule has 25 nitrogen and oxygen atoms in total. The van der Waals surface area contributed by atoms with E-state index in [0.29, 0.717) is 18.1 Å². The summed E-state index contributed by atoms with van der Waals surface area (Å²) in [5.41, 5.74) is 5.53. The third-order valence-electron chi connectivity index (χ3n) is 9.83. The number of amides is 3. The molecule has 0 radical (unpaired) electrons. The number of aliphatic hydroxyl groups excluding tert-OH is 8. The van der Waals surface area contributed by atoms with E-state index in [1.54, 1.807) is 0 Å². The Bertz CT molecular complexity index is 1410. The van der Waals surface area contributed by atoms with Crippen LogP contribution < -0.4 is 21.7 Å². The van der Waals surface area contributed by atoms with E-state index >= 15 is 0 Å². The summed E-state index contributed by atoms with van der Waals surface area (Å²) < 4.78 is 45.8. The number of hydrogen-bond acceptors (Lipinski definition) is 23. The molecular formula is C33H56N4O21S2. The number of carboxylic acid groups (broad SMARTS) is 1. The van der Waals surface area contributed by atoms with E-state index in [-0.39, 0.29) is 6.54 Å². The number of nitrogens with two attached hydrogens (primary N) is 1. The molecule has 4 fully saturated rings. The molecule has 0 aromatic carbocycles. The number of carbonyl (C=O) groups is 4. The van der Waals surface area contributed by atoms with Crippen LogP contribution in [-0.2, 0) is 57.1 Å². The Balaban J connectivity index is 1.68. The number of ether oxygens (including phenoxy) is 8. The first-order valence-electron chi connectivity index (χ1n) is 18.9. The number of methoxy groups -OCH3 is 1.